The molecule has 0 saturated carbocycles. The molecule has 1 rings (SSSR count). The molecule has 0 saturated heterocycles. The molecule has 2 nitrogen and oxygen atoms in total. The van der Waals surface area contributed by atoms with E-state index in [0.717, 1.165) is 12.8 Å². The molecule has 2 atom stereocenters. The Morgan fingerprint density at radius 2 is 2.13 bits per heavy atom. The molecule has 0 spiro atoms. The lowest BCUT2D eigenvalue weighted by molar-refractivity contribution is 0.459. The van der Waals surface area contributed by atoms with E-state index in [2.05, 4.69) is 31.8 Å². The molecule has 0 amide bonds. The van der Waals surface area contributed by atoms with Crippen LogP contribution in [0.5, 0.6) is 0 Å². The van der Waals surface area contributed by atoms with Crippen LogP contribution < -0.4 is 5.73 Å². The Morgan fingerprint density at radius 3 is 2.73 bits per heavy atom. The number of rotatable bonds is 5. The maximum absolute atomic E-state index is 6.22. The summed E-state index contributed by atoms with van der Waals surface area (Å²) in [4.78, 5) is 4.14. The van der Waals surface area contributed by atoms with Gasteiger partial charge in [-0.05, 0) is 36.0 Å². The van der Waals surface area contributed by atoms with Crippen LogP contribution in [0.1, 0.15) is 50.8 Å². The zero-order chi connectivity index (χ0) is 11.3. The van der Waals surface area contributed by atoms with Gasteiger partial charge in [-0.2, -0.15) is 0 Å². The molecule has 1 aromatic rings. The maximum atomic E-state index is 6.22. The van der Waals surface area contributed by atoms with Crippen LogP contribution in [0.2, 0.25) is 0 Å². The van der Waals surface area contributed by atoms with Crippen LogP contribution in [0, 0.1) is 5.92 Å². The first kappa shape index (κ1) is 12.2. The van der Waals surface area contributed by atoms with Crippen LogP contribution in [0.3, 0.4) is 0 Å². The van der Waals surface area contributed by atoms with Gasteiger partial charge in [0.2, 0.25) is 0 Å². The fourth-order valence-electron chi connectivity index (χ4n) is 1.82. The van der Waals surface area contributed by atoms with E-state index >= 15 is 0 Å². The molecule has 2 N–H and O–H groups in total. The fraction of sp³-hybridized carbons (Fsp3) is 0.615. The molecule has 1 aromatic heterocycles. The van der Waals surface area contributed by atoms with E-state index in [0.29, 0.717) is 5.92 Å². The van der Waals surface area contributed by atoms with Crippen molar-refractivity contribution in [1.82, 2.24) is 4.98 Å². The summed E-state index contributed by atoms with van der Waals surface area (Å²) in [6.07, 6.45) is 7.04. The molecule has 2 heteroatoms. The van der Waals surface area contributed by atoms with Crippen molar-refractivity contribution in [3.05, 3.63) is 29.6 Å². The molecule has 0 fully saturated rings. The zero-order valence-corrected chi connectivity index (χ0v) is 10.0. The second-order valence-electron chi connectivity index (χ2n) is 4.28. The van der Waals surface area contributed by atoms with E-state index in [9.17, 15) is 0 Å². The van der Waals surface area contributed by atoms with E-state index in [4.69, 9.17) is 5.73 Å². The summed E-state index contributed by atoms with van der Waals surface area (Å²) in [5.74, 6) is 0.692. The molecular weight excluding hydrogens is 184 g/mol. The summed E-state index contributed by atoms with van der Waals surface area (Å²) < 4.78 is 0. The van der Waals surface area contributed by atoms with Gasteiger partial charge in [-0.3, -0.25) is 4.98 Å². The average Bonchev–Trinajstić information content (AvgIpc) is 2.28. The normalized spacial score (nSPS) is 14.9. The summed E-state index contributed by atoms with van der Waals surface area (Å²) >= 11 is 0. The number of aryl methyl sites for hydroxylation is 1. The monoisotopic (exact) mass is 206 g/mol. The van der Waals surface area contributed by atoms with Gasteiger partial charge in [-0.25, -0.2) is 0 Å². The second-order valence-corrected chi connectivity index (χ2v) is 4.28. The van der Waals surface area contributed by atoms with Crippen molar-refractivity contribution in [3.63, 3.8) is 0 Å². The standard InChI is InChI=1S/C13H22N2/c1-4-10(3)8-13(14)12-6-7-15-9-11(12)5-2/h6-7,9-10,13H,4-5,8,14H2,1-3H3. The highest BCUT2D eigenvalue weighted by atomic mass is 14.7. The first-order chi connectivity index (χ1) is 7.19. The smallest absolute Gasteiger partial charge is 0.0303 e. The Hall–Kier alpha value is -0.890. The lowest BCUT2D eigenvalue weighted by atomic mass is 9.92. The Balaban J connectivity index is 2.76. The molecular formula is C13H22N2. The predicted molar refractivity (Wildman–Crippen MR) is 64.6 cm³/mol. The molecule has 0 aliphatic heterocycles. The van der Waals surface area contributed by atoms with Gasteiger partial charge in [-0.1, -0.05) is 27.2 Å². The van der Waals surface area contributed by atoms with Crippen molar-refractivity contribution < 1.29 is 0 Å². The molecule has 0 aliphatic rings. The summed E-state index contributed by atoms with van der Waals surface area (Å²) in [6.45, 7) is 6.62. The Kier molecular flexibility index (Phi) is 4.76. The largest absolute Gasteiger partial charge is 0.324 e. The first-order valence-electron chi connectivity index (χ1n) is 5.87. The Morgan fingerprint density at radius 1 is 1.40 bits per heavy atom. The Labute approximate surface area is 92.9 Å². The van der Waals surface area contributed by atoms with Crippen molar-refractivity contribution in [2.45, 2.75) is 46.1 Å². The summed E-state index contributed by atoms with van der Waals surface area (Å²) in [6, 6.07) is 2.23. The van der Waals surface area contributed by atoms with E-state index in [1.807, 2.05) is 12.4 Å². The van der Waals surface area contributed by atoms with Gasteiger partial charge in [0.25, 0.3) is 0 Å². The van der Waals surface area contributed by atoms with Gasteiger partial charge in [-0.15, -0.1) is 0 Å². The minimum atomic E-state index is 0.165. The maximum Gasteiger partial charge on any atom is 0.0303 e. The highest BCUT2D eigenvalue weighted by Gasteiger charge is 2.12. The first-order valence-corrected chi connectivity index (χ1v) is 5.87. The highest BCUT2D eigenvalue weighted by molar-refractivity contribution is 5.26. The highest BCUT2D eigenvalue weighted by Crippen LogP contribution is 2.23. The quantitative estimate of drug-likeness (QED) is 0.804. The summed E-state index contributed by atoms with van der Waals surface area (Å²) in [7, 11) is 0. The lowest BCUT2D eigenvalue weighted by Gasteiger charge is -2.18. The minimum absolute atomic E-state index is 0.165. The van der Waals surface area contributed by atoms with Crippen LogP contribution in [0.15, 0.2) is 18.5 Å². The van der Waals surface area contributed by atoms with Gasteiger partial charge in [0.05, 0.1) is 0 Å². The topological polar surface area (TPSA) is 38.9 Å². The van der Waals surface area contributed by atoms with Crippen LogP contribution in [0.4, 0.5) is 0 Å². The third-order valence-corrected chi connectivity index (χ3v) is 3.07. The van der Waals surface area contributed by atoms with Crippen molar-refractivity contribution in [2.24, 2.45) is 11.7 Å². The van der Waals surface area contributed by atoms with E-state index in [-0.39, 0.29) is 6.04 Å². The van der Waals surface area contributed by atoms with Crippen LogP contribution in [0.25, 0.3) is 0 Å². The van der Waals surface area contributed by atoms with Gasteiger partial charge in [0.1, 0.15) is 0 Å². The van der Waals surface area contributed by atoms with Crippen LogP contribution >= 0.6 is 0 Å². The SMILES string of the molecule is CCc1cnccc1C(N)CC(C)CC. The number of hydrogen-bond acceptors (Lipinski definition) is 2. The number of pyridine rings is 1. The summed E-state index contributed by atoms with van der Waals surface area (Å²) in [5, 5.41) is 0. The number of nitrogens with two attached hydrogens (primary N) is 1. The van der Waals surface area contributed by atoms with Crippen molar-refractivity contribution in [2.75, 3.05) is 0 Å². The molecule has 0 aromatic carbocycles. The third kappa shape index (κ3) is 3.31. The predicted octanol–water partition coefficient (Wildman–Crippen LogP) is 3.08. The van der Waals surface area contributed by atoms with Crippen molar-refractivity contribution >= 4 is 0 Å². The van der Waals surface area contributed by atoms with Crippen LogP contribution in [-0.2, 0) is 6.42 Å². The van der Waals surface area contributed by atoms with Gasteiger partial charge in [0, 0.05) is 18.4 Å². The van der Waals surface area contributed by atoms with E-state index < -0.39 is 0 Å². The minimum Gasteiger partial charge on any atom is -0.324 e. The number of aromatic nitrogens is 1. The van der Waals surface area contributed by atoms with Crippen molar-refractivity contribution in [1.29, 1.82) is 0 Å². The van der Waals surface area contributed by atoms with Crippen LogP contribution in [-0.4, -0.2) is 4.98 Å². The Bertz CT molecular complexity index is 296. The molecule has 84 valence electrons. The number of nitrogens with zero attached hydrogens (tertiary/aromatic N) is 1. The summed E-state index contributed by atoms with van der Waals surface area (Å²) in [5.41, 5.74) is 8.78. The van der Waals surface area contributed by atoms with Gasteiger partial charge < -0.3 is 5.73 Å². The second kappa shape index (κ2) is 5.86. The molecule has 0 aliphatic carbocycles. The zero-order valence-electron chi connectivity index (χ0n) is 10.0. The number of hydrogen-bond donors (Lipinski definition) is 1. The molecule has 0 radical (unpaired) electrons. The molecule has 1 heterocycles. The molecule has 2 unspecified atom stereocenters. The lowest BCUT2D eigenvalue weighted by Crippen LogP contribution is -2.15. The van der Waals surface area contributed by atoms with E-state index in [1.54, 1.807) is 0 Å². The van der Waals surface area contributed by atoms with Crippen molar-refractivity contribution in [3.8, 4) is 0 Å². The molecule has 15 heavy (non-hydrogen) atoms. The molecule has 0 bridgehead atoms. The average molecular weight is 206 g/mol. The van der Waals surface area contributed by atoms with Gasteiger partial charge >= 0.3 is 0 Å². The third-order valence-electron chi connectivity index (χ3n) is 3.07. The van der Waals surface area contributed by atoms with E-state index in [1.165, 1.54) is 17.5 Å². The fourth-order valence-corrected chi connectivity index (χ4v) is 1.82. The van der Waals surface area contributed by atoms with Gasteiger partial charge in [0.15, 0.2) is 0 Å².